The molecule has 0 radical (unpaired) electrons. The Hall–Kier alpha value is -1.09. The molecular formula is C13H21N3. The number of nitrogens with one attached hydrogen (secondary N) is 1. The Morgan fingerprint density at radius 3 is 2.81 bits per heavy atom. The quantitative estimate of drug-likeness (QED) is 0.823. The number of aromatic nitrogens is 1. The van der Waals surface area contributed by atoms with Gasteiger partial charge in [0, 0.05) is 43.6 Å². The SMILES string of the molecule is Cc1cc(N(C)C)cc([C@@H]2CCCNC2)n1. The molecule has 0 bridgehead atoms. The second-order valence-corrected chi connectivity index (χ2v) is 4.83. The van der Waals surface area contributed by atoms with E-state index in [0.717, 1.165) is 18.8 Å². The summed E-state index contributed by atoms with van der Waals surface area (Å²) in [5, 5.41) is 3.45. The fourth-order valence-electron chi connectivity index (χ4n) is 2.25. The average Bonchev–Trinajstić information content (AvgIpc) is 2.29. The van der Waals surface area contributed by atoms with Crippen molar-refractivity contribution in [2.75, 3.05) is 32.1 Å². The first-order chi connectivity index (χ1) is 7.66. The van der Waals surface area contributed by atoms with Crippen LogP contribution in [0.1, 0.15) is 30.1 Å². The molecule has 1 aliphatic rings. The van der Waals surface area contributed by atoms with E-state index in [1.54, 1.807) is 0 Å². The summed E-state index contributed by atoms with van der Waals surface area (Å²) in [6.45, 7) is 4.30. The molecule has 16 heavy (non-hydrogen) atoms. The van der Waals surface area contributed by atoms with Crippen molar-refractivity contribution in [3.63, 3.8) is 0 Å². The van der Waals surface area contributed by atoms with Gasteiger partial charge in [0.15, 0.2) is 0 Å². The number of anilines is 1. The van der Waals surface area contributed by atoms with Crippen LogP contribution in [0, 0.1) is 6.92 Å². The average molecular weight is 219 g/mol. The fraction of sp³-hybridized carbons (Fsp3) is 0.615. The zero-order valence-electron chi connectivity index (χ0n) is 10.5. The van der Waals surface area contributed by atoms with Gasteiger partial charge in [-0.05, 0) is 38.4 Å². The highest BCUT2D eigenvalue weighted by atomic mass is 15.1. The number of rotatable bonds is 2. The van der Waals surface area contributed by atoms with Gasteiger partial charge in [-0.1, -0.05) is 0 Å². The van der Waals surface area contributed by atoms with Crippen LogP contribution in [0.5, 0.6) is 0 Å². The molecule has 0 aromatic carbocycles. The zero-order valence-corrected chi connectivity index (χ0v) is 10.5. The normalized spacial score (nSPS) is 20.8. The van der Waals surface area contributed by atoms with Gasteiger partial charge < -0.3 is 10.2 Å². The van der Waals surface area contributed by atoms with Gasteiger partial charge in [-0.15, -0.1) is 0 Å². The monoisotopic (exact) mass is 219 g/mol. The summed E-state index contributed by atoms with van der Waals surface area (Å²) in [7, 11) is 4.16. The number of aryl methyl sites for hydroxylation is 1. The molecule has 1 aromatic rings. The van der Waals surface area contributed by atoms with Gasteiger partial charge in [0.2, 0.25) is 0 Å². The van der Waals surface area contributed by atoms with Crippen molar-refractivity contribution in [1.82, 2.24) is 10.3 Å². The van der Waals surface area contributed by atoms with Crippen molar-refractivity contribution in [2.24, 2.45) is 0 Å². The number of nitrogens with zero attached hydrogens (tertiary/aromatic N) is 2. The van der Waals surface area contributed by atoms with Gasteiger partial charge >= 0.3 is 0 Å². The molecule has 1 fully saturated rings. The van der Waals surface area contributed by atoms with Crippen LogP contribution in [0.15, 0.2) is 12.1 Å². The summed E-state index contributed by atoms with van der Waals surface area (Å²) in [5.74, 6) is 0.590. The lowest BCUT2D eigenvalue weighted by atomic mass is 9.95. The summed E-state index contributed by atoms with van der Waals surface area (Å²) >= 11 is 0. The largest absolute Gasteiger partial charge is 0.378 e. The van der Waals surface area contributed by atoms with Crippen molar-refractivity contribution < 1.29 is 0 Å². The van der Waals surface area contributed by atoms with E-state index >= 15 is 0 Å². The Bertz CT molecular complexity index is 354. The van der Waals surface area contributed by atoms with Crippen LogP contribution in [-0.4, -0.2) is 32.2 Å². The van der Waals surface area contributed by atoms with Crippen molar-refractivity contribution in [2.45, 2.75) is 25.7 Å². The summed E-state index contributed by atoms with van der Waals surface area (Å²) in [6.07, 6.45) is 2.52. The molecular weight excluding hydrogens is 198 g/mol. The van der Waals surface area contributed by atoms with E-state index in [9.17, 15) is 0 Å². The smallest absolute Gasteiger partial charge is 0.0471 e. The maximum absolute atomic E-state index is 4.67. The van der Waals surface area contributed by atoms with Crippen LogP contribution in [0.2, 0.25) is 0 Å². The Labute approximate surface area is 97.9 Å². The number of piperidine rings is 1. The molecule has 0 unspecified atom stereocenters. The van der Waals surface area contributed by atoms with E-state index in [4.69, 9.17) is 0 Å². The Morgan fingerprint density at radius 1 is 1.38 bits per heavy atom. The minimum absolute atomic E-state index is 0.590. The highest BCUT2D eigenvalue weighted by molar-refractivity contribution is 5.47. The van der Waals surface area contributed by atoms with Crippen LogP contribution in [0.25, 0.3) is 0 Å². The van der Waals surface area contributed by atoms with Crippen LogP contribution in [-0.2, 0) is 0 Å². The molecule has 1 N–H and O–H groups in total. The van der Waals surface area contributed by atoms with Crippen LogP contribution in [0.3, 0.4) is 0 Å². The van der Waals surface area contributed by atoms with Gasteiger partial charge in [0.1, 0.15) is 0 Å². The molecule has 0 spiro atoms. The van der Waals surface area contributed by atoms with E-state index in [1.807, 2.05) is 0 Å². The lowest BCUT2D eigenvalue weighted by Gasteiger charge is -2.24. The molecule has 1 saturated heterocycles. The zero-order chi connectivity index (χ0) is 11.5. The van der Waals surface area contributed by atoms with E-state index in [1.165, 1.54) is 24.2 Å². The first kappa shape index (κ1) is 11.4. The molecule has 3 heteroatoms. The van der Waals surface area contributed by atoms with Crippen LogP contribution in [0.4, 0.5) is 5.69 Å². The second-order valence-electron chi connectivity index (χ2n) is 4.83. The van der Waals surface area contributed by atoms with E-state index in [2.05, 4.69) is 48.4 Å². The summed E-state index contributed by atoms with van der Waals surface area (Å²) < 4.78 is 0. The standard InChI is InChI=1S/C13H21N3/c1-10-7-12(16(2)3)8-13(15-10)11-5-4-6-14-9-11/h7-8,11,14H,4-6,9H2,1-3H3/t11-/m1/s1. The molecule has 2 heterocycles. The van der Waals surface area contributed by atoms with Gasteiger partial charge in [0.05, 0.1) is 0 Å². The van der Waals surface area contributed by atoms with E-state index in [0.29, 0.717) is 5.92 Å². The van der Waals surface area contributed by atoms with Crippen LogP contribution >= 0.6 is 0 Å². The topological polar surface area (TPSA) is 28.2 Å². The van der Waals surface area contributed by atoms with Crippen LogP contribution < -0.4 is 10.2 Å². The Balaban J connectivity index is 2.25. The van der Waals surface area contributed by atoms with Gasteiger partial charge in [0.25, 0.3) is 0 Å². The molecule has 1 aliphatic heterocycles. The molecule has 1 atom stereocenters. The lowest BCUT2D eigenvalue weighted by Crippen LogP contribution is -2.29. The van der Waals surface area contributed by atoms with Gasteiger partial charge in [-0.2, -0.15) is 0 Å². The summed E-state index contributed by atoms with van der Waals surface area (Å²) in [4.78, 5) is 6.82. The van der Waals surface area contributed by atoms with Crippen molar-refractivity contribution in [3.8, 4) is 0 Å². The van der Waals surface area contributed by atoms with Crippen molar-refractivity contribution >= 4 is 5.69 Å². The maximum atomic E-state index is 4.67. The van der Waals surface area contributed by atoms with Gasteiger partial charge in [-0.3, -0.25) is 4.98 Å². The van der Waals surface area contributed by atoms with Crippen molar-refractivity contribution in [3.05, 3.63) is 23.5 Å². The molecule has 0 saturated carbocycles. The Kier molecular flexibility index (Phi) is 3.44. The minimum Gasteiger partial charge on any atom is -0.378 e. The Morgan fingerprint density at radius 2 is 2.19 bits per heavy atom. The highest BCUT2D eigenvalue weighted by Gasteiger charge is 2.17. The molecule has 1 aromatic heterocycles. The van der Waals surface area contributed by atoms with Crippen molar-refractivity contribution in [1.29, 1.82) is 0 Å². The first-order valence-electron chi connectivity index (χ1n) is 6.03. The third-order valence-corrected chi connectivity index (χ3v) is 3.19. The molecule has 0 aliphatic carbocycles. The number of pyridine rings is 1. The van der Waals surface area contributed by atoms with E-state index in [-0.39, 0.29) is 0 Å². The second kappa shape index (κ2) is 4.83. The summed E-state index contributed by atoms with van der Waals surface area (Å²) in [5.41, 5.74) is 3.62. The number of hydrogen-bond acceptors (Lipinski definition) is 3. The third kappa shape index (κ3) is 2.53. The summed E-state index contributed by atoms with van der Waals surface area (Å²) in [6, 6.07) is 4.37. The molecule has 3 nitrogen and oxygen atoms in total. The third-order valence-electron chi connectivity index (χ3n) is 3.19. The highest BCUT2D eigenvalue weighted by Crippen LogP contribution is 2.25. The number of hydrogen-bond donors (Lipinski definition) is 1. The van der Waals surface area contributed by atoms with Gasteiger partial charge in [-0.25, -0.2) is 0 Å². The minimum atomic E-state index is 0.590. The molecule has 0 amide bonds. The fourth-order valence-corrected chi connectivity index (χ4v) is 2.25. The lowest BCUT2D eigenvalue weighted by molar-refractivity contribution is 0.454. The predicted molar refractivity (Wildman–Crippen MR) is 68.1 cm³/mol. The predicted octanol–water partition coefficient (Wildman–Crippen LogP) is 1.92. The first-order valence-corrected chi connectivity index (χ1v) is 6.03. The molecule has 88 valence electrons. The van der Waals surface area contributed by atoms with E-state index < -0.39 is 0 Å². The molecule has 2 rings (SSSR count). The maximum Gasteiger partial charge on any atom is 0.0471 e.